The van der Waals surface area contributed by atoms with Gasteiger partial charge in [0.05, 0.1) is 11.6 Å². The summed E-state index contributed by atoms with van der Waals surface area (Å²) in [4.78, 5) is 13.5. The van der Waals surface area contributed by atoms with E-state index >= 15 is 0 Å². The molecule has 2 aromatic heterocycles. The van der Waals surface area contributed by atoms with Crippen molar-refractivity contribution in [1.82, 2.24) is 25.1 Å². The maximum Gasteiger partial charge on any atom is 0.160 e. The minimum Gasteiger partial charge on any atom is -0.355 e. The summed E-state index contributed by atoms with van der Waals surface area (Å²) < 4.78 is 0. The number of hydrogen-bond donors (Lipinski definition) is 1. The molecule has 0 radical (unpaired) electrons. The summed E-state index contributed by atoms with van der Waals surface area (Å²) in [6.45, 7) is 4.99. The van der Waals surface area contributed by atoms with Gasteiger partial charge in [0.2, 0.25) is 0 Å². The summed E-state index contributed by atoms with van der Waals surface area (Å²) in [6.07, 6.45) is 4.52. The molecular formula is C17H19ClN6. The number of nitrogens with one attached hydrogen (secondary N) is 1. The number of H-pyrrole nitrogens is 1. The maximum atomic E-state index is 5.97. The van der Waals surface area contributed by atoms with Crippen LogP contribution in [0.2, 0.25) is 5.02 Å². The number of fused-ring (bicyclic) bond motifs is 1. The van der Waals surface area contributed by atoms with Gasteiger partial charge in [-0.05, 0) is 24.1 Å². The van der Waals surface area contributed by atoms with Crippen LogP contribution in [0.3, 0.4) is 0 Å². The Labute approximate surface area is 145 Å². The van der Waals surface area contributed by atoms with Crippen molar-refractivity contribution < 1.29 is 0 Å². The molecule has 24 heavy (non-hydrogen) atoms. The topological polar surface area (TPSA) is 60.9 Å². The standard InChI is InChI=1S/C17H19ClN6/c18-14-4-2-13(3-5-14)11-23-6-1-7-24(9-8-23)17-15-10-21-22-16(15)19-12-20-17/h2-5,10,12H,1,6-9,11H2,(H,19,20,21,22). The highest BCUT2D eigenvalue weighted by molar-refractivity contribution is 6.30. The van der Waals surface area contributed by atoms with Gasteiger partial charge in [-0.2, -0.15) is 5.10 Å². The summed E-state index contributed by atoms with van der Waals surface area (Å²) in [6, 6.07) is 8.12. The van der Waals surface area contributed by atoms with Crippen molar-refractivity contribution in [2.24, 2.45) is 0 Å². The zero-order valence-corrected chi connectivity index (χ0v) is 14.1. The second-order valence-electron chi connectivity index (χ2n) is 6.07. The normalized spacial score (nSPS) is 16.5. The molecule has 124 valence electrons. The molecule has 0 aliphatic carbocycles. The lowest BCUT2D eigenvalue weighted by molar-refractivity contribution is 0.285. The Morgan fingerprint density at radius 1 is 1.04 bits per heavy atom. The van der Waals surface area contributed by atoms with Gasteiger partial charge in [-0.15, -0.1) is 0 Å². The van der Waals surface area contributed by atoms with Gasteiger partial charge in [-0.25, -0.2) is 9.97 Å². The summed E-state index contributed by atoms with van der Waals surface area (Å²) in [5.41, 5.74) is 2.09. The van der Waals surface area contributed by atoms with Crippen LogP contribution < -0.4 is 4.90 Å². The summed E-state index contributed by atoms with van der Waals surface area (Å²) >= 11 is 5.97. The molecule has 0 unspecified atom stereocenters. The van der Waals surface area contributed by atoms with Gasteiger partial charge in [0.1, 0.15) is 12.1 Å². The number of hydrogen-bond acceptors (Lipinski definition) is 5. The molecule has 0 amide bonds. The van der Waals surface area contributed by atoms with E-state index in [-0.39, 0.29) is 0 Å². The van der Waals surface area contributed by atoms with Crippen LogP contribution in [0.5, 0.6) is 0 Å². The number of benzene rings is 1. The van der Waals surface area contributed by atoms with Gasteiger partial charge in [0, 0.05) is 37.7 Å². The number of rotatable bonds is 3. The van der Waals surface area contributed by atoms with Crippen molar-refractivity contribution in [3.63, 3.8) is 0 Å². The molecule has 1 fully saturated rings. The van der Waals surface area contributed by atoms with Gasteiger partial charge >= 0.3 is 0 Å². The average Bonchev–Trinajstić information content (AvgIpc) is 2.97. The lowest BCUT2D eigenvalue weighted by Crippen LogP contribution is -2.31. The fourth-order valence-corrected chi connectivity index (χ4v) is 3.32. The molecule has 1 aliphatic heterocycles. The first-order valence-corrected chi connectivity index (χ1v) is 8.53. The summed E-state index contributed by atoms with van der Waals surface area (Å²) in [5.74, 6) is 0.974. The van der Waals surface area contributed by atoms with E-state index in [0.29, 0.717) is 0 Å². The Morgan fingerprint density at radius 2 is 1.92 bits per heavy atom. The van der Waals surface area contributed by atoms with Crippen molar-refractivity contribution in [1.29, 1.82) is 0 Å². The third kappa shape index (κ3) is 3.20. The van der Waals surface area contributed by atoms with Gasteiger partial charge in [0.15, 0.2) is 5.65 Å². The van der Waals surface area contributed by atoms with E-state index in [2.05, 4.69) is 42.1 Å². The van der Waals surface area contributed by atoms with E-state index in [1.807, 2.05) is 12.1 Å². The highest BCUT2D eigenvalue weighted by atomic mass is 35.5. The minimum absolute atomic E-state index is 0.786. The third-order valence-electron chi connectivity index (χ3n) is 4.43. The number of aromatic nitrogens is 4. The molecule has 1 aromatic carbocycles. The van der Waals surface area contributed by atoms with Crippen LogP contribution in [0, 0.1) is 0 Å². The van der Waals surface area contributed by atoms with E-state index in [1.54, 1.807) is 12.5 Å². The van der Waals surface area contributed by atoms with Crippen LogP contribution in [0.15, 0.2) is 36.8 Å². The van der Waals surface area contributed by atoms with Gasteiger partial charge in [0.25, 0.3) is 0 Å². The van der Waals surface area contributed by atoms with Crippen LogP contribution in [-0.4, -0.2) is 51.2 Å². The van der Waals surface area contributed by atoms with E-state index in [0.717, 1.165) is 61.0 Å². The maximum absolute atomic E-state index is 5.97. The van der Waals surface area contributed by atoms with Crippen LogP contribution >= 0.6 is 11.6 Å². The Bertz CT molecular complexity index is 815. The lowest BCUT2D eigenvalue weighted by atomic mass is 10.2. The molecule has 0 bridgehead atoms. The molecule has 3 heterocycles. The Morgan fingerprint density at radius 3 is 2.79 bits per heavy atom. The van der Waals surface area contributed by atoms with E-state index in [4.69, 9.17) is 11.6 Å². The molecule has 1 aliphatic rings. The molecule has 0 saturated carbocycles. The first-order chi connectivity index (χ1) is 11.8. The van der Waals surface area contributed by atoms with Gasteiger partial charge in [-0.3, -0.25) is 10.00 Å². The van der Waals surface area contributed by atoms with Crippen molar-refractivity contribution in [3.8, 4) is 0 Å². The zero-order chi connectivity index (χ0) is 16.4. The van der Waals surface area contributed by atoms with Gasteiger partial charge < -0.3 is 4.90 Å². The fraction of sp³-hybridized carbons (Fsp3) is 0.353. The smallest absolute Gasteiger partial charge is 0.160 e. The Balaban J connectivity index is 1.46. The number of nitrogens with zero attached hydrogens (tertiary/aromatic N) is 5. The summed E-state index contributed by atoms with van der Waals surface area (Å²) in [7, 11) is 0. The molecule has 6 nitrogen and oxygen atoms in total. The van der Waals surface area contributed by atoms with Crippen LogP contribution in [0.4, 0.5) is 5.82 Å². The van der Waals surface area contributed by atoms with Crippen molar-refractivity contribution in [2.75, 3.05) is 31.1 Å². The number of anilines is 1. The molecular weight excluding hydrogens is 324 g/mol. The Kier molecular flexibility index (Phi) is 4.32. The second kappa shape index (κ2) is 6.75. The first-order valence-electron chi connectivity index (χ1n) is 8.15. The molecule has 1 N–H and O–H groups in total. The Hall–Kier alpha value is -2.18. The van der Waals surface area contributed by atoms with Crippen LogP contribution in [0.1, 0.15) is 12.0 Å². The number of halogens is 1. The molecule has 7 heteroatoms. The fourth-order valence-electron chi connectivity index (χ4n) is 3.19. The van der Waals surface area contributed by atoms with Crippen LogP contribution in [-0.2, 0) is 6.54 Å². The molecule has 0 spiro atoms. The SMILES string of the molecule is Clc1ccc(CN2CCCN(c3ncnc4[nH]ncc34)CC2)cc1. The molecule has 4 rings (SSSR count). The lowest BCUT2D eigenvalue weighted by Gasteiger charge is -2.23. The highest BCUT2D eigenvalue weighted by Crippen LogP contribution is 2.22. The van der Waals surface area contributed by atoms with E-state index < -0.39 is 0 Å². The first kappa shape index (κ1) is 15.4. The van der Waals surface area contributed by atoms with Crippen molar-refractivity contribution >= 4 is 28.5 Å². The predicted molar refractivity (Wildman–Crippen MR) is 95.2 cm³/mol. The quantitative estimate of drug-likeness (QED) is 0.793. The van der Waals surface area contributed by atoms with Gasteiger partial charge in [-0.1, -0.05) is 23.7 Å². The predicted octanol–water partition coefficient (Wildman–Crippen LogP) is 2.72. The zero-order valence-electron chi connectivity index (χ0n) is 13.3. The molecule has 1 saturated heterocycles. The van der Waals surface area contributed by atoms with Crippen molar-refractivity contribution in [3.05, 3.63) is 47.4 Å². The average molecular weight is 343 g/mol. The minimum atomic E-state index is 0.786. The summed E-state index contributed by atoms with van der Waals surface area (Å²) in [5, 5.41) is 8.77. The van der Waals surface area contributed by atoms with E-state index in [9.17, 15) is 0 Å². The molecule has 3 aromatic rings. The van der Waals surface area contributed by atoms with Crippen LogP contribution in [0.25, 0.3) is 11.0 Å². The number of aromatic amines is 1. The monoisotopic (exact) mass is 342 g/mol. The van der Waals surface area contributed by atoms with E-state index in [1.165, 1.54) is 5.56 Å². The van der Waals surface area contributed by atoms with Crippen molar-refractivity contribution in [2.45, 2.75) is 13.0 Å². The molecule has 0 atom stereocenters. The highest BCUT2D eigenvalue weighted by Gasteiger charge is 2.18. The largest absolute Gasteiger partial charge is 0.355 e. The second-order valence-corrected chi connectivity index (χ2v) is 6.51. The third-order valence-corrected chi connectivity index (χ3v) is 4.69.